The molecule has 2 nitrogen and oxygen atoms in total. The maximum absolute atomic E-state index is 9.60. The largest absolute Gasteiger partial charge is 0.508 e. The molecule has 0 saturated heterocycles. The van der Waals surface area contributed by atoms with Gasteiger partial charge in [-0.2, -0.15) is 11.8 Å². The molecule has 0 saturated carbocycles. The molecule has 0 fully saturated rings. The van der Waals surface area contributed by atoms with Crippen LogP contribution in [0.4, 0.5) is 0 Å². The van der Waals surface area contributed by atoms with Crippen molar-refractivity contribution in [1.29, 1.82) is 0 Å². The second-order valence-corrected chi connectivity index (χ2v) is 6.50. The van der Waals surface area contributed by atoms with Gasteiger partial charge in [0.15, 0.2) is 0 Å². The number of hydrogen-bond acceptors (Lipinski definition) is 3. The number of fused-ring (bicyclic) bond motifs is 1. The molecule has 0 amide bonds. The van der Waals surface area contributed by atoms with Crippen molar-refractivity contribution in [3.8, 4) is 5.75 Å². The molecule has 94 valence electrons. The smallest absolute Gasteiger partial charge is 0.115 e. The molecular weight excluding hydrogens is 300 g/mol. The summed E-state index contributed by atoms with van der Waals surface area (Å²) >= 11 is 5.64. The lowest BCUT2D eigenvalue weighted by Gasteiger charge is -2.18. The van der Waals surface area contributed by atoms with Crippen molar-refractivity contribution in [3.05, 3.63) is 29.3 Å². The van der Waals surface area contributed by atoms with Crippen LogP contribution < -0.4 is 0 Å². The Kier molecular flexibility index (Phi) is 4.77. The van der Waals surface area contributed by atoms with Crippen LogP contribution in [0.1, 0.15) is 34.5 Å². The van der Waals surface area contributed by atoms with Crippen LogP contribution in [0.5, 0.6) is 5.75 Å². The van der Waals surface area contributed by atoms with Gasteiger partial charge in [-0.3, -0.25) is 0 Å². The van der Waals surface area contributed by atoms with E-state index in [1.54, 1.807) is 6.07 Å². The van der Waals surface area contributed by atoms with Gasteiger partial charge in [-0.05, 0) is 42.4 Å². The number of phenols is 1. The number of halogens is 1. The quantitative estimate of drug-likeness (QED) is 0.853. The average Bonchev–Trinajstić information content (AvgIpc) is 2.47. The number of ether oxygens (including phenoxy) is 1. The molecule has 1 aliphatic heterocycles. The van der Waals surface area contributed by atoms with E-state index in [4.69, 9.17) is 4.74 Å². The van der Waals surface area contributed by atoms with Gasteiger partial charge < -0.3 is 9.84 Å². The van der Waals surface area contributed by atoms with E-state index in [9.17, 15) is 5.11 Å². The Bertz CT molecular complexity index is 384. The van der Waals surface area contributed by atoms with E-state index in [1.165, 1.54) is 11.1 Å². The lowest BCUT2D eigenvalue weighted by molar-refractivity contribution is 0.149. The van der Waals surface area contributed by atoms with E-state index < -0.39 is 0 Å². The van der Waals surface area contributed by atoms with Crippen LogP contribution in [0.3, 0.4) is 0 Å². The molecule has 1 heterocycles. The summed E-state index contributed by atoms with van der Waals surface area (Å²) in [4.78, 5) is 0.337. The molecule has 1 aliphatic rings. The molecule has 1 aromatic rings. The number of thioether (sulfide) groups is 1. The lowest BCUT2D eigenvalue weighted by Crippen LogP contribution is -2.06. The molecular formula is C13H17BrO2S. The predicted octanol–water partition coefficient (Wildman–Crippen LogP) is 4.04. The van der Waals surface area contributed by atoms with Gasteiger partial charge >= 0.3 is 0 Å². The Hall–Kier alpha value is -0.190. The Morgan fingerprint density at radius 2 is 2.29 bits per heavy atom. The molecule has 1 aromatic carbocycles. The Balaban J connectivity index is 2.30. The van der Waals surface area contributed by atoms with E-state index in [0.29, 0.717) is 15.8 Å². The monoisotopic (exact) mass is 316 g/mol. The van der Waals surface area contributed by atoms with E-state index in [-0.39, 0.29) is 0 Å². The normalized spacial score (nSPS) is 24.1. The summed E-state index contributed by atoms with van der Waals surface area (Å²) in [6, 6.07) is 5.67. The molecule has 0 aliphatic carbocycles. The minimum Gasteiger partial charge on any atom is -0.508 e. The van der Waals surface area contributed by atoms with Gasteiger partial charge in [0.1, 0.15) is 5.75 Å². The van der Waals surface area contributed by atoms with Crippen LogP contribution >= 0.6 is 27.7 Å². The lowest BCUT2D eigenvalue weighted by atomic mass is 10.0. The minimum absolute atomic E-state index is 0.337. The molecule has 4 heteroatoms. The summed E-state index contributed by atoms with van der Waals surface area (Å²) in [5.74, 6) is 1.46. The number of phenolic OH excluding ortho intramolecular Hbond substituents is 1. The molecule has 2 rings (SSSR count). The van der Waals surface area contributed by atoms with Crippen molar-refractivity contribution in [1.82, 2.24) is 0 Å². The SMILES string of the molecule is CCOCC1SCCC(Br)c2cc(O)ccc21. The fraction of sp³-hybridized carbons (Fsp3) is 0.538. The summed E-state index contributed by atoms with van der Waals surface area (Å²) < 4.78 is 5.55. The van der Waals surface area contributed by atoms with Crippen LogP contribution in [0.15, 0.2) is 18.2 Å². The topological polar surface area (TPSA) is 29.5 Å². The van der Waals surface area contributed by atoms with E-state index in [0.717, 1.165) is 25.4 Å². The number of aromatic hydroxyl groups is 1. The van der Waals surface area contributed by atoms with Gasteiger partial charge in [-0.15, -0.1) is 0 Å². The van der Waals surface area contributed by atoms with Gasteiger partial charge in [-0.25, -0.2) is 0 Å². The zero-order valence-electron chi connectivity index (χ0n) is 9.86. The van der Waals surface area contributed by atoms with Crippen LogP contribution in [0.25, 0.3) is 0 Å². The second kappa shape index (κ2) is 6.12. The standard InChI is InChI=1S/C13H17BrO2S/c1-2-16-8-13-10-4-3-9(15)7-11(10)12(14)5-6-17-13/h3-4,7,12-13,15H,2,5-6,8H2,1H3. The Morgan fingerprint density at radius 3 is 3.06 bits per heavy atom. The van der Waals surface area contributed by atoms with Crippen molar-refractivity contribution in [2.75, 3.05) is 19.0 Å². The highest BCUT2D eigenvalue weighted by atomic mass is 79.9. The molecule has 0 spiro atoms. The third kappa shape index (κ3) is 3.18. The van der Waals surface area contributed by atoms with E-state index >= 15 is 0 Å². The Labute approximate surface area is 115 Å². The molecule has 0 bridgehead atoms. The first-order valence-corrected chi connectivity index (χ1v) is 7.85. The summed E-state index contributed by atoms with van der Waals surface area (Å²) in [5, 5.41) is 9.98. The van der Waals surface area contributed by atoms with Crippen molar-refractivity contribution >= 4 is 27.7 Å². The minimum atomic E-state index is 0.337. The number of benzene rings is 1. The first-order chi connectivity index (χ1) is 8.22. The molecule has 0 aromatic heterocycles. The summed E-state index contributed by atoms with van der Waals surface area (Å²) in [7, 11) is 0. The molecule has 1 N–H and O–H groups in total. The Morgan fingerprint density at radius 1 is 1.47 bits per heavy atom. The zero-order valence-corrected chi connectivity index (χ0v) is 12.3. The first-order valence-electron chi connectivity index (χ1n) is 5.88. The van der Waals surface area contributed by atoms with Gasteiger partial charge in [0.25, 0.3) is 0 Å². The van der Waals surface area contributed by atoms with Gasteiger partial charge in [0.2, 0.25) is 0 Å². The highest BCUT2D eigenvalue weighted by molar-refractivity contribution is 9.09. The van der Waals surface area contributed by atoms with Crippen molar-refractivity contribution in [2.45, 2.75) is 23.4 Å². The molecule has 0 radical (unpaired) electrons. The molecule has 2 unspecified atom stereocenters. The van der Waals surface area contributed by atoms with Gasteiger partial charge in [0, 0.05) is 11.4 Å². The van der Waals surface area contributed by atoms with Gasteiger partial charge in [-0.1, -0.05) is 22.0 Å². The average molecular weight is 317 g/mol. The fourth-order valence-electron chi connectivity index (χ4n) is 2.05. The van der Waals surface area contributed by atoms with E-state index in [2.05, 4.69) is 15.9 Å². The highest BCUT2D eigenvalue weighted by Gasteiger charge is 2.24. The summed E-state index contributed by atoms with van der Waals surface area (Å²) in [6.45, 7) is 3.52. The maximum atomic E-state index is 9.60. The van der Waals surface area contributed by atoms with Crippen LogP contribution in [-0.4, -0.2) is 24.1 Å². The summed E-state index contributed by atoms with van der Waals surface area (Å²) in [6.07, 6.45) is 1.09. The third-order valence-corrected chi connectivity index (χ3v) is 5.13. The highest BCUT2D eigenvalue weighted by Crippen LogP contribution is 2.43. The van der Waals surface area contributed by atoms with Crippen molar-refractivity contribution in [3.63, 3.8) is 0 Å². The zero-order chi connectivity index (χ0) is 12.3. The van der Waals surface area contributed by atoms with Crippen LogP contribution in [0.2, 0.25) is 0 Å². The first kappa shape index (κ1) is 13.2. The van der Waals surface area contributed by atoms with Crippen molar-refractivity contribution in [2.24, 2.45) is 0 Å². The van der Waals surface area contributed by atoms with Crippen LogP contribution in [0, 0.1) is 0 Å². The number of alkyl halides is 1. The van der Waals surface area contributed by atoms with Crippen molar-refractivity contribution < 1.29 is 9.84 Å². The van der Waals surface area contributed by atoms with E-state index in [1.807, 2.05) is 30.8 Å². The third-order valence-electron chi connectivity index (χ3n) is 2.92. The molecule has 17 heavy (non-hydrogen) atoms. The second-order valence-electron chi connectivity index (χ2n) is 4.09. The van der Waals surface area contributed by atoms with Gasteiger partial charge in [0.05, 0.1) is 11.9 Å². The van der Waals surface area contributed by atoms with Crippen LogP contribution in [-0.2, 0) is 4.74 Å². The molecule has 2 atom stereocenters. The maximum Gasteiger partial charge on any atom is 0.115 e. The fourth-order valence-corrected chi connectivity index (χ4v) is 4.22. The number of hydrogen-bond donors (Lipinski definition) is 1. The predicted molar refractivity (Wildman–Crippen MR) is 76.1 cm³/mol. The summed E-state index contributed by atoms with van der Waals surface area (Å²) in [5.41, 5.74) is 2.50. The number of rotatable bonds is 3.